The first-order chi connectivity index (χ1) is 7.46. The second-order valence-corrected chi connectivity index (χ2v) is 6.92. The average Bonchev–Trinajstić information content (AvgIpc) is 2.52. The fourth-order valence-corrected chi connectivity index (χ4v) is 3.70. The van der Waals surface area contributed by atoms with Gasteiger partial charge in [-0.2, -0.15) is 0 Å². The lowest BCUT2D eigenvalue weighted by Crippen LogP contribution is -2.20. The van der Waals surface area contributed by atoms with Crippen LogP contribution >= 0.6 is 23.2 Å². The molecule has 0 aromatic heterocycles. The van der Waals surface area contributed by atoms with E-state index >= 15 is 0 Å². The third kappa shape index (κ3) is 2.81. The van der Waals surface area contributed by atoms with Crippen LogP contribution in [0.15, 0.2) is 18.2 Å². The number of anilines is 1. The van der Waals surface area contributed by atoms with E-state index in [0.717, 1.165) is 5.69 Å². The topological polar surface area (TPSA) is 46.2 Å². The molecule has 0 spiro atoms. The lowest BCUT2D eigenvalue weighted by molar-refractivity contribution is 0.602. The van der Waals surface area contributed by atoms with Crippen LogP contribution in [0.2, 0.25) is 10.0 Å². The first-order valence-corrected chi connectivity index (χ1v) is 7.46. The summed E-state index contributed by atoms with van der Waals surface area (Å²) in [4.78, 5) is 0. The first-order valence-electron chi connectivity index (χ1n) is 4.88. The number of nitrogens with one attached hydrogen (secondary N) is 1. The molecule has 1 atom stereocenters. The van der Waals surface area contributed by atoms with Gasteiger partial charge in [0.15, 0.2) is 9.84 Å². The second kappa shape index (κ2) is 4.43. The van der Waals surface area contributed by atoms with Crippen molar-refractivity contribution in [2.45, 2.75) is 12.5 Å². The predicted molar refractivity (Wildman–Crippen MR) is 67.1 cm³/mol. The fourth-order valence-electron chi connectivity index (χ4n) is 1.73. The molecule has 1 fully saturated rings. The standard InChI is InChI=1S/C10H11Cl2NO2S/c11-9-2-1-7(5-10(9)12)13-8-3-4-16(14,15)6-8/h1-2,5,8,13H,3-4,6H2. The summed E-state index contributed by atoms with van der Waals surface area (Å²) in [5, 5.41) is 4.10. The molecule has 88 valence electrons. The Hall–Kier alpha value is -0.450. The number of hydrogen-bond acceptors (Lipinski definition) is 3. The van der Waals surface area contributed by atoms with Gasteiger partial charge < -0.3 is 5.32 Å². The molecule has 0 saturated carbocycles. The molecule has 16 heavy (non-hydrogen) atoms. The monoisotopic (exact) mass is 279 g/mol. The summed E-state index contributed by atoms with van der Waals surface area (Å²) in [6, 6.07) is 5.16. The predicted octanol–water partition coefficient (Wildman–Crippen LogP) is 2.59. The molecule has 2 rings (SSSR count). The smallest absolute Gasteiger partial charge is 0.152 e. The molecular formula is C10H11Cl2NO2S. The van der Waals surface area contributed by atoms with Crippen molar-refractivity contribution in [3.63, 3.8) is 0 Å². The molecule has 1 saturated heterocycles. The lowest BCUT2D eigenvalue weighted by atomic mass is 10.2. The van der Waals surface area contributed by atoms with Gasteiger partial charge in [0.05, 0.1) is 21.6 Å². The average molecular weight is 280 g/mol. The minimum atomic E-state index is -2.86. The molecule has 1 N–H and O–H groups in total. The van der Waals surface area contributed by atoms with Crippen molar-refractivity contribution in [1.29, 1.82) is 0 Å². The van der Waals surface area contributed by atoms with E-state index in [4.69, 9.17) is 23.2 Å². The molecule has 1 aromatic carbocycles. The Morgan fingerprint density at radius 3 is 2.56 bits per heavy atom. The molecule has 1 aliphatic heterocycles. The summed E-state index contributed by atoms with van der Waals surface area (Å²) in [7, 11) is -2.86. The highest BCUT2D eigenvalue weighted by atomic mass is 35.5. The Kier molecular flexibility index (Phi) is 3.33. The molecule has 1 aromatic rings. The van der Waals surface area contributed by atoms with Crippen LogP contribution in [0.4, 0.5) is 5.69 Å². The van der Waals surface area contributed by atoms with Gasteiger partial charge in [0.1, 0.15) is 0 Å². The number of benzene rings is 1. The van der Waals surface area contributed by atoms with Crippen molar-refractivity contribution in [3.8, 4) is 0 Å². The van der Waals surface area contributed by atoms with E-state index in [9.17, 15) is 8.42 Å². The van der Waals surface area contributed by atoms with E-state index in [-0.39, 0.29) is 17.5 Å². The van der Waals surface area contributed by atoms with E-state index in [1.165, 1.54) is 0 Å². The molecule has 3 nitrogen and oxygen atoms in total. The SMILES string of the molecule is O=S1(=O)CCC(Nc2ccc(Cl)c(Cl)c2)C1. The minimum Gasteiger partial charge on any atom is -0.381 e. The number of halogens is 2. The molecule has 0 amide bonds. The molecular weight excluding hydrogens is 269 g/mol. The van der Waals surface area contributed by atoms with Gasteiger partial charge in [-0.15, -0.1) is 0 Å². The van der Waals surface area contributed by atoms with Gasteiger partial charge >= 0.3 is 0 Å². The molecule has 1 unspecified atom stereocenters. The van der Waals surface area contributed by atoms with Gasteiger partial charge in [0.2, 0.25) is 0 Å². The van der Waals surface area contributed by atoms with Crippen LogP contribution < -0.4 is 5.32 Å². The highest BCUT2D eigenvalue weighted by Gasteiger charge is 2.27. The summed E-state index contributed by atoms with van der Waals surface area (Å²) in [5.74, 6) is 0.444. The largest absolute Gasteiger partial charge is 0.381 e. The quantitative estimate of drug-likeness (QED) is 0.905. The van der Waals surface area contributed by atoms with Crippen LogP contribution in [0.3, 0.4) is 0 Å². The molecule has 0 bridgehead atoms. The zero-order chi connectivity index (χ0) is 11.8. The number of rotatable bonds is 2. The maximum atomic E-state index is 11.3. The minimum absolute atomic E-state index is 0.0257. The Bertz CT molecular complexity index is 502. The van der Waals surface area contributed by atoms with Crippen molar-refractivity contribution in [2.24, 2.45) is 0 Å². The highest BCUT2D eigenvalue weighted by Crippen LogP contribution is 2.26. The maximum absolute atomic E-state index is 11.3. The van der Waals surface area contributed by atoms with Gasteiger partial charge in [-0.25, -0.2) is 8.42 Å². The zero-order valence-corrected chi connectivity index (χ0v) is 10.7. The van der Waals surface area contributed by atoms with Crippen LogP contribution in [-0.2, 0) is 9.84 Å². The van der Waals surface area contributed by atoms with E-state index in [2.05, 4.69) is 5.32 Å². The van der Waals surface area contributed by atoms with Gasteiger partial charge in [-0.1, -0.05) is 23.2 Å². The van der Waals surface area contributed by atoms with Crippen molar-refractivity contribution < 1.29 is 8.42 Å². The van der Waals surface area contributed by atoms with Crippen molar-refractivity contribution in [2.75, 3.05) is 16.8 Å². The Morgan fingerprint density at radius 2 is 2.00 bits per heavy atom. The zero-order valence-electron chi connectivity index (χ0n) is 8.41. The van der Waals surface area contributed by atoms with Crippen LogP contribution in [-0.4, -0.2) is 26.0 Å². The third-order valence-electron chi connectivity index (χ3n) is 2.52. The van der Waals surface area contributed by atoms with Gasteiger partial charge in [-0.05, 0) is 24.6 Å². The fraction of sp³-hybridized carbons (Fsp3) is 0.400. The molecule has 0 aliphatic carbocycles. The lowest BCUT2D eigenvalue weighted by Gasteiger charge is -2.12. The number of sulfone groups is 1. The summed E-state index contributed by atoms with van der Waals surface area (Å²) < 4.78 is 22.5. The van der Waals surface area contributed by atoms with Gasteiger partial charge in [-0.3, -0.25) is 0 Å². The normalized spacial score (nSPS) is 23.2. The van der Waals surface area contributed by atoms with E-state index in [1.807, 2.05) is 0 Å². The maximum Gasteiger partial charge on any atom is 0.152 e. The van der Waals surface area contributed by atoms with Crippen LogP contribution in [0.25, 0.3) is 0 Å². The second-order valence-electron chi connectivity index (χ2n) is 3.87. The van der Waals surface area contributed by atoms with Crippen LogP contribution in [0.1, 0.15) is 6.42 Å². The third-order valence-corrected chi connectivity index (χ3v) is 5.03. The first kappa shape index (κ1) is 12.0. The Morgan fingerprint density at radius 1 is 1.25 bits per heavy atom. The van der Waals surface area contributed by atoms with Crippen molar-refractivity contribution in [3.05, 3.63) is 28.2 Å². The Labute approximate surface area is 105 Å². The van der Waals surface area contributed by atoms with Gasteiger partial charge in [0, 0.05) is 11.7 Å². The van der Waals surface area contributed by atoms with Crippen molar-refractivity contribution in [1.82, 2.24) is 0 Å². The molecule has 0 radical (unpaired) electrons. The molecule has 1 aliphatic rings. The van der Waals surface area contributed by atoms with E-state index < -0.39 is 9.84 Å². The molecule has 1 heterocycles. The van der Waals surface area contributed by atoms with E-state index in [1.54, 1.807) is 18.2 Å². The van der Waals surface area contributed by atoms with Gasteiger partial charge in [0.25, 0.3) is 0 Å². The number of hydrogen-bond donors (Lipinski definition) is 1. The van der Waals surface area contributed by atoms with E-state index in [0.29, 0.717) is 16.5 Å². The summed E-state index contributed by atoms with van der Waals surface area (Å²) in [5.41, 5.74) is 0.802. The highest BCUT2D eigenvalue weighted by molar-refractivity contribution is 7.91. The summed E-state index contributed by atoms with van der Waals surface area (Å²) in [6.45, 7) is 0. The Balaban J connectivity index is 2.08. The van der Waals surface area contributed by atoms with Crippen molar-refractivity contribution >= 4 is 38.7 Å². The van der Waals surface area contributed by atoms with Crippen LogP contribution in [0.5, 0.6) is 0 Å². The summed E-state index contributed by atoms with van der Waals surface area (Å²) >= 11 is 11.7. The summed E-state index contributed by atoms with van der Waals surface area (Å²) in [6.07, 6.45) is 0.641. The molecule has 6 heteroatoms. The van der Waals surface area contributed by atoms with Crippen LogP contribution in [0, 0.1) is 0 Å².